The smallest absolute Gasteiger partial charge is 0.497 e. The van der Waals surface area contributed by atoms with Gasteiger partial charge < -0.3 is 28.0 Å². The summed E-state index contributed by atoms with van der Waals surface area (Å²) in [6.45, 7) is 5.34. The zero-order chi connectivity index (χ0) is 23.1. The summed E-state index contributed by atoms with van der Waals surface area (Å²) >= 11 is 0. The van der Waals surface area contributed by atoms with Gasteiger partial charge >= 0.3 is 19.8 Å². The summed E-state index contributed by atoms with van der Waals surface area (Å²) in [6, 6.07) is 6.72. The molecule has 1 N–H and O–H groups in total. The van der Waals surface area contributed by atoms with Crippen molar-refractivity contribution in [1.29, 1.82) is 0 Å². The zero-order valence-electron chi connectivity index (χ0n) is 18.2. The number of benzene rings is 1. The first kappa shape index (κ1) is 26.5. The molecule has 0 aliphatic heterocycles. The molecule has 0 aliphatic carbocycles. The normalized spacial score (nSPS) is 12.3. The van der Waals surface area contributed by atoms with E-state index in [0.717, 1.165) is 0 Å². The Morgan fingerprint density at radius 3 is 2.23 bits per heavy atom. The van der Waals surface area contributed by atoms with Crippen molar-refractivity contribution < 1.29 is 42.1 Å². The molecule has 0 aromatic heterocycles. The van der Waals surface area contributed by atoms with Gasteiger partial charge in [0.2, 0.25) is 0 Å². The minimum atomic E-state index is -3.49. The second-order valence-corrected chi connectivity index (χ2v) is 7.95. The van der Waals surface area contributed by atoms with E-state index in [1.807, 2.05) is 0 Å². The Morgan fingerprint density at radius 1 is 1.03 bits per heavy atom. The van der Waals surface area contributed by atoms with E-state index in [9.17, 15) is 14.2 Å². The van der Waals surface area contributed by atoms with E-state index in [0.29, 0.717) is 11.4 Å². The largest absolute Gasteiger partial charge is 0.508 e. The number of hydrogen-bond donors (Lipinski definition) is 1. The van der Waals surface area contributed by atoms with Gasteiger partial charge in [-0.25, -0.2) is 9.59 Å². The number of hydrogen-bond acceptors (Lipinski definition) is 9. The molecule has 1 amide bonds. The highest BCUT2D eigenvalue weighted by atomic mass is 31.2. The van der Waals surface area contributed by atoms with E-state index in [1.54, 1.807) is 52.1 Å². The van der Waals surface area contributed by atoms with Crippen LogP contribution in [0.4, 0.5) is 15.3 Å². The lowest BCUT2D eigenvalue weighted by molar-refractivity contribution is 0.0441. The Bertz CT molecular complexity index is 742. The van der Waals surface area contributed by atoms with Crippen LogP contribution in [0.25, 0.3) is 0 Å². The minimum absolute atomic E-state index is 0.113. The minimum Gasteiger partial charge on any atom is -0.497 e. The second-order valence-electron chi connectivity index (χ2n) is 5.85. The van der Waals surface area contributed by atoms with Crippen LogP contribution in [-0.4, -0.2) is 58.1 Å². The maximum absolute atomic E-state index is 12.7. The van der Waals surface area contributed by atoms with Crippen molar-refractivity contribution in [2.24, 2.45) is 0 Å². The van der Waals surface area contributed by atoms with E-state index in [-0.39, 0.29) is 32.6 Å². The third-order valence-electron chi connectivity index (χ3n) is 3.56. The Morgan fingerprint density at radius 2 is 1.68 bits per heavy atom. The summed E-state index contributed by atoms with van der Waals surface area (Å²) in [5, 5.41) is 2.56. The van der Waals surface area contributed by atoms with E-state index in [1.165, 1.54) is 12.2 Å². The Balaban J connectivity index is 2.66. The summed E-state index contributed by atoms with van der Waals surface area (Å²) in [4.78, 5) is 23.6. The van der Waals surface area contributed by atoms with Gasteiger partial charge in [0, 0.05) is 5.69 Å². The topological polar surface area (TPSA) is 119 Å². The number of ether oxygens (including phenoxy) is 4. The lowest BCUT2D eigenvalue weighted by Crippen LogP contribution is -2.22. The SMILES string of the molecule is CCOC(=O)OC(/C=C/COC(=O)Nc1ccc(OC)cc1)CP(=O)(OCC)OCC. The molecule has 0 fully saturated rings. The van der Waals surface area contributed by atoms with Crippen LogP contribution in [-0.2, 0) is 27.8 Å². The molecule has 1 unspecified atom stereocenters. The molecule has 0 spiro atoms. The summed E-state index contributed by atoms with van der Waals surface area (Å²) in [5.41, 5.74) is 0.535. The summed E-state index contributed by atoms with van der Waals surface area (Å²) in [7, 11) is -1.94. The zero-order valence-corrected chi connectivity index (χ0v) is 19.1. The van der Waals surface area contributed by atoms with Crippen molar-refractivity contribution >= 4 is 25.5 Å². The molecule has 10 nitrogen and oxygen atoms in total. The monoisotopic (exact) mass is 459 g/mol. The quantitative estimate of drug-likeness (QED) is 0.256. The van der Waals surface area contributed by atoms with Crippen LogP contribution < -0.4 is 10.1 Å². The highest BCUT2D eigenvalue weighted by Crippen LogP contribution is 2.49. The first-order valence-electron chi connectivity index (χ1n) is 9.81. The highest BCUT2D eigenvalue weighted by Gasteiger charge is 2.30. The van der Waals surface area contributed by atoms with E-state index in [2.05, 4.69) is 5.32 Å². The molecule has 0 saturated heterocycles. The first-order chi connectivity index (χ1) is 14.9. The number of rotatable bonds is 13. The molecule has 0 heterocycles. The number of nitrogens with one attached hydrogen (secondary N) is 1. The number of carbonyl (C=O) groups is 2. The van der Waals surface area contributed by atoms with Crippen LogP contribution in [0, 0.1) is 0 Å². The Hall–Kier alpha value is -2.55. The molecular weight excluding hydrogens is 429 g/mol. The van der Waals surface area contributed by atoms with Crippen molar-refractivity contribution in [3.05, 3.63) is 36.4 Å². The average molecular weight is 459 g/mol. The molecule has 0 bridgehead atoms. The fourth-order valence-electron chi connectivity index (χ4n) is 2.33. The van der Waals surface area contributed by atoms with E-state index >= 15 is 0 Å². The molecule has 1 aromatic rings. The molecule has 1 aromatic carbocycles. The van der Waals surface area contributed by atoms with Crippen molar-refractivity contribution in [2.75, 3.05) is 45.0 Å². The Labute approximate surface area is 182 Å². The van der Waals surface area contributed by atoms with E-state index < -0.39 is 25.9 Å². The predicted octanol–water partition coefficient (Wildman–Crippen LogP) is 4.61. The molecule has 1 rings (SSSR count). The van der Waals surface area contributed by atoms with Gasteiger partial charge in [0.15, 0.2) is 0 Å². The summed E-state index contributed by atoms with van der Waals surface area (Å²) in [6.07, 6.45) is 0.127. The van der Waals surface area contributed by atoms with Gasteiger partial charge in [0.05, 0.1) is 33.1 Å². The van der Waals surface area contributed by atoms with Gasteiger partial charge in [-0.2, -0.15) is 0 Å². The van der Waals surface area contributed by atoms with Crippen LogP contribution >= 0.6 is 7.60 Å². The third-order valence-corrected chi connectivity index (χ3v) is 5.67. The Kier molecular flexibility index (Phi) is 12.3. The standard InChI is InChI=1S/C20H30NO9P/c1-5-26-20(23)30-18(15-31(24,28-6-2)29-7-3)9-8-14-27-19(22)21-16-10-12-17(25-4)13-11-16/h8-13,18H,5-7,14-15H2,1-4H3,(H,21,22)/b9-8+. The molecule has 31 heavy (non-hydrogen) atoms. The fourth-order valence-corrected chi connectivity index (χ4v) is 4.04. The van der Waals surface area contributed by atoms with Crippen LogP contribution in [0.3, 0.4) is 0 Å². The van der Waals surface area contributed by atoms with Crippen molar-refractivity contribution in [2.45, 2.75) is 26.9 Å². The number of amides is 1. The van der Waals surface area contributed by atoms with Crippen LogP contribution in [0.2, 0.25) is 0 Å². The molecule has 11 heteroatoms. The predicted molar refractivity (Wildman–Crippen MR) is 115 cm³/mol. The maximum Gasteiger partial charge on any atom is 0.508 e. The molecule has 174 valence electrons. The lowest BCUT2D eigenvalue weighted by Gasteiger charge is -2.21. The summed E-state index contributed by atoms with van der Waals surface area (Å²) in [5.74, 6) is 0.658. The van der Waals surface area contributed by atoms with Crippen LogP contribution in [0.15, 0.2) is 36.4 Å². The van der Waals surface area contributed by atoms with Crippen molar-refractivity contribution in [1.82, 2.24) is 0 Å². The van der Waals surface area contributed by atoms with Crippen LogP contribution in [0.5, 0.6) is 5.75 Å². The fraction of sp³-hybridized carbons (Fsp3) is 0.500. The number of methoxy groups -OCH3 is 1. The average Bonchev–Trinajstić information content (AvgIpc) is 2.72. The first-order valence-corrected chi connectivity index (χ1v) is 11.5. The maximum atomic E-state index is 12.7. The lowest BCUT2D eigenvalue weighted by atomic mass is 10.3. The van der Waals surface area contributed by atoms with Crippen molar-refractivity contribution in [3.63, 3.8) is 0 Å². The van der Waals surface area contributed by atoms with Gasteiger partial charge in [0.1, 0.15) is 18.5 Å². The summed E-state index contributed by atoms with van der Waals surface area (Å²) < 4.78 is 43.2. The highest BCUT2D eigenvalue weighted by molar-refractivity contribution is 7.53. The van der Waals surface area contributed by atoms with Gasteiger partial charge in [-0.15, -0.1) is 0 Å². The van der Waals surface area contributed by atoms with Crippen molar-refractivity contribution in [3.8, 4) is 5.75 Å². The van der Waals surface area contributed by atoms with Gasteiger partial charge in [-0.1, -0.05) is 0 Å². The molecule has 1 atom stereocenters. The van der Waals surface area contributed by atoms with Crippen LogP contribution in [0.1, 0.15) is 20.8 Å². The van der Waals surface area contributed by atoms with Gasteiger partial charge in [-0.3, -0.25) is 9.88 Å². The third kappa shape index (κ3) is 10.9. The van der Waals surface area contributed by atoms with E-state index in [4.69, 9.17) is 28.0 Å². The molecular formula is C20H30NO9P. The molecule has 0 radical (unpaired) electrons. The number of anilines is 1. The second kappa shape index (κ2) is 14.5. The number of carbonyl (C=O) groups excluding carboxylic acids is 2. The molecule has 0 saturated carbocycles. The molecule has 0 aliphatic rings. The van der Waals surface area contributed by atoms with Gasteiger partial charge in [-0.05, 0) is 57.2 Å². The van der Waals surface area contributed by atoms with Gasteiger partial charge in [0.25, 0.3) is 0 Å².